The van der Waals surface area contributed by atoms with E-state index in [1.54, 1.807) is 0 Å². The molecule has 0 fully saturated rings. The van der Waals surface area contributed by atoms with Crippen molar-refractivity contribution in [1.82, 2.24) is 0 Å². The van der Waals surface area contributed by atoms with Crippen LogP contribution in [0.25, 0.3) is 0 Å². The lowest BCUT2D eigenvalue weighted by atomic mass is 10.1. The standard InChI is InChI=1S/C14H23N/c1-4-7-12-15-13-10-8-9-11-14(5-2)6-3/h5-6,11,13H,2-4,7-10,12H2,1H3/b15-13+. The molecule has 0 aromatic heterocycles. The molecule has 0 aliphatic heterocycles. The van der Waals surface area contributed by atoms with Crippen LogP contribution in [0.15, 0.2) is 42.0 Å². The molecule has 15 heavy (non-hydrogen) atoms. The second kappa shape index (κ2) is 11.0. The maximum atomic E-state index is 4.33. The monoisotopic (exact) mass is 205 g/mol. The quantitative estimate of drug-likeness (QED) is 0.302. The average molecular weight is 205 g/mol. The maximum Gasteiger partial charge on any atom is 0.0385 e. The highest BCUT2D eigenvalue weighted by Gasteiger charge is 1.85. The normalized spacial score (nSPS) is 10.2. The third-order valence-corrected chi connectivity index (χ3v) is 2.16. The first-order chi connectivity index (χ1) is 7.35. The molecule has 0 aliphatic carbocycles. The van der Waals surface area contributed by atoms with E-state index in [9.17, 15) is 0 Å². The van der Waals surface area contributed by atoms with E-state index < -0.39 is 0 Å². The van der Waals surface area contributed by atoms with E-state index in [-0.39, 0.29) is 0 Å². The first-order valence-electron chi connectivity index (χ1n) is 5.78. The van der Waals surface area contributed by atoms with Crippen LogP contribution in [0, 0.1) is 0 Å². The minimum atomic E-state index is 0.983. The van der Waals surface area contributed by atoms with Gasteiger partial charge in [0, 0.05) is 6.54 Å². The van der Waals surface area contributed by atoms with Crippen molar-refractivity contribution in [2.45, 2.75) is 39.0 Å². The summed E-state index contributed by atoms with van der Waals surface area (Å²) < 4.78 is 0. The Kier molecular flexibility index (Phi) is 10.2. The SMILES string of the molecule is C=CC(C=C)=CCCC/C=N/CCCC. The Bertz CT molecular complexity index is 213. The molecule has 0 radical (unpaired) electrons. The van der Waals surface area contributed by atoms with Gasteiger partial charge in [-0.1, -0.05) is 44.7 Å². The van der Waals surface area contributed by atoms with Crippen LogP contribution >= 0.6 is 0 Å². The van der Waals surface area contributed by atoms with Gasteiger partial charge in [0.05, 0.1) is 0 Å². The second-order valence-corrected chi connectivity index (χ2v) is 3.49. The van der Waals surface area contributed by atoms with Crippen LogP contribution in [0.4, 0.5) is 0 Å². The van der Waals surface area contributed by atoms with E-state index in [1.807, 2.05) is 18.4 Å². The van der Waals surface area contributed by atoms with Crippen LogP contribution < -0.4 is 0 Å². The summed E-state index contributed by atoms with van der Waals surface area (Å²) in [6.45, 7) is 10.6. The molecule has 84 valence electrons. The Morgan fingerprint density at radius 2 is 1.87 bits per heavy atom. The first-order valence-corrected chi connectivity index (χ1v) is 5.78. The van der Waals surface area contributed by atoms with E-state index in [0.29, 0.717) is 0 Å². The first kappa shape index (κ1) is 13.9. The van der Waals surface area contributed by atoms with E-state index in [4.69, 9.17) is 0 Å². The molecule has 0 aromatic rings. The summed E-state index contributed by atoms with van der Waals surface area (Å²) in [7, 11) is 0. The lowest BCUT2D eigenvalue weighted by molar-refractivity contribution is 0.804. The summed E-state index contributed by atoms with van der Waals surface area (Å²) in [5.74, 6) is 0. The van der Waals surface area contributed by atoms with Crippen LogP contribution in [-0.2, 0) is 0 Å². The summed E-state index contributed by atoms with van der Waals surface area (Å²) in [5, 5.41) is 0. The summed E-state index contributed by atoms with van der Waals surface area (Å²) in [4.78, 5) is 4.33. The highest BCUT2D eigenvalue weighted by molar-refractivity contribution is 5.56. The highest BCUT2D eigenvalue weighted by atomic mass is 14.7. The van der Waals surface area contributed by atoms with Crippen molar-refractivity contribution < 1.29 is 0 Å². The third-order valence-electron chi connectivity index (χ3n) is 2.16. The van der Waals surface area contributed by atoms with Gasteiger partial charge < -0.3 is 0 Å². The predicted octanol–water partition coefficient (Wildman–Crippen LogP) is 4.33. The van der Waals surface area contributed by atoms with E-state index in [0.717, 1.165) is 31.4 Å². The van der Waals surface area contributed by atoms with Gasteiger partial charge in [0.15, 0.2) is 0 Å². The van der Waals surface area contributed by atoms with Gasteiger partial charge >= 0.3 is 0 Å². The average Bonchev–Trinajstić information content (AvgIpc) is 2.27. The molecule has 1 nitrogen and oxygen atoms in total. The van der Waals surface area contributed by atoms with Gasteiger partial charge in [-0.2, -0.15) is 0 Å². The van der Waals surface area contributed by atoms with E-state index in [2.05, 4.69) is 31.2 Å². The lowest BCUT2D eigenvalue weighted by Crippen LogP contribution is -1.82. The van der Waals surface area contributed by atoms with Gasteiger partial charge in [-0.3, -0.25) is 4.99 Å². The van der Waals surface area contributed by atoms with Crippen molar-refractivity contribution >= 4 is 6.21 Å². The van der Waals surface area contributed by atoms with Crippen molar-refractivity contribution in [1.29, 1.82) is 0 Å². The van der Waals surface area contributed by atoms with Gasteiger partial charge in [-0.05, 0) is 37.5 Å². The number of unbranched alkanes of at least 4 members (excludes halogenated alkanes) is 3. The number of aliphatic imine (C=N–C) groups is 1. The smallest absolute Gasteiger partial charge is 0.0385 e. The summed E-state index contributed by atoms with van der Waals surface area (Å²) in [5.41, 5.74) is 1.12. The van der Waals surface area contributed by atoms with Gasteiger partial charge in [0.1, 0.15) is 0 Å². The van der Waals surface area contributed by atoms with Gasteiger partial charge in [0.2, 0.25) is 0 Å². The fourth-order valence-corrected chi connectivity index (χ4v) is 1.16. The molecular weight excluding hydrogens is 182 g/mol. The topological polar surface area (TPSA) is 12.4 Å². The van der Waals surface area contributed by atoms with Crippen molar-refractivity contribution in [3.63, 3.8) is 0 Å². The van der Waals surface area contributed by atoms with Crippen LogP contribution in [-0.4, -0.2) is 12.8 Å². The molecule has 0 saturated heterocycles. The minimum absolute atomic E-state index is 0.983. The molecule has 0 unspecified atom stereocenters. The zero-order valence-electron chi connectivity index (χ0n) is 9.91. The molecule has 0 atom stereocenters. The Morgan fingerprint density at radius 3 is 2.47 bits per heavy atom. The van der Waals surface area contributed by atoms with Crippen LogP contribution in [0.3, 0.4) is 0 Å². The van der Waals surface area contributed by atoms with Crippen LogP contribution in [0.5, 0.6) is 0 Å². The number of allylic oxidation sites excluding steroid dienone is 4. The third kappa shape index (κ3) is 9.20. The highest BCUT2D eigenvalue weighted by Crippen LogP contribution is 2.02. The van der Waals surface area contributed by atoms with E-state index >= 15 is 0 Å². The fourth-order valence-electron chi connectivity index (χ4n) is 1.16. The fraction of sp³-hybridized carbons (Fsp3) is 0.500. The van der Waals surface area contributed by atoms with E-state index in [1.165, 1.54) is 12.8 Å². The summed E-state index contributed by atoms with van der Waals surface area (Å²) in [6.07, 6.45) is 13.6. The zero-order chi connectivity index (χ0) is 11.4. The Morgan fingerprint density at radius 1 is 1.13 bits per heavy atom. The number of nitrogens with zero attached hydrogens (tertiary/aromatic N) is 1. The summed E-state index contributed by atoms with van der Waals surface area (Å²) in [6, 6.07) is 0. The van der Waals surface area contributed by atoms with Crippen LogP contribution in [0.2, 0.25) is 0 Å². The Labute approximate surface area is 94.3 Å². The predicted molar refractivity (Wildman–Crippen MR) is 70.6 cm³/mol. The van der Waals surface area contributed by atoms with Gasteiger partial charge in [-0.25, -0.2) is 0 Å². The Hall–Kier alpha value is -1.11. The molecule has 0 N–H and O–H groups in total. The molecule has 0 bridgehead atoms. The molecule has 1 heteroatoms. The minimum Gasteiger partial charge on any atom is -0.298 e. The molecule has 0 rings (SSSR count). The summed E-state index contributed by atoms with van der Waals surface area (Å²) >= 11 is 0. The van der Waals surface area contributed by atoms with Crippen LogP contribution in [0.1, 0.15) is 39.0 Å². The number of rotatable bonds is 9. The van der Waals surface area contributed by atoms with Crippen molar-refractivity contribution in [3.8, 4) is 0 Å². The lowest BCUT2D eigenvalue weighted by Gasteiger charge is -1.94. The molecular formula is C14H23N. The maximum absolute atomic E-state index is 4.33. The number of hydrogen-bond acceptors (Lipinski definition) is 1. The number of hydrogen-bond donors (Lipinski definition) is 0. The second-order valence-electron chi connectivity index (χ2n) is 3.49. The molecule has 0 saturated carbocycles. The van der Waals surface area contributed by atoms with Gasteiger partial charge in [-0.15, -0.1) is 0 Å². The van der Waals surface area contributed by atoms with Crippen molar-refractivity contribution in [3.05, 3.63) is 37.0 Å². The molecule has 0 aromatic carbocycles. The van der Waals surface area contributed by atoms with Crippen molar-refractivity contribution in [2.75, 3.05) is 6.54 Å². The Balaban J connectivity index is 3.45. The largest absolute Gasteiger partial charge is 0.298 e. The molecule has 0 heterocycles. The van der Waals surface area contributed by atoms with Gasteiger partial charge in [0.25, 0.3) is 0 Å². The molecule has 0 amide bonds. The molecule has 0 spiro atoms. The zero-order valence-corrected chi connectivity index (χ0v) is 9.91. The molecule has 0 aliphatic rings. The van der Waals surface area contributed by atoms with Crippen molar-refractivity contribution in [2.24, 2.45) is 4.99 Å².